The Bertz CT molecular complexity index is 737. The number of carbonyl (C=O) groups excluding carboxylic acids is 1. The van der Waals surface area contributed by atoms with Gasteiger partial charge in [0.25, 0.3) is 5.91 Å². The normalized spacial score (nSPS) is 23.6. The zero-order valence-corrected chi connectivity index (χ0v) is 17.3. The second kappa shape index (κ2) is 8.83. The SMILES string of the molecule is COc1ccc([C@@H]2CCC[NH+]2CC(=O)N(C)C2(C#N)CCCCC2)c(OC)c1. The molecule has 1 aliphatic heterocycles. The minimum atomic E-state index is -0.623. The van der Waals surface area contributed by atoms with Crippen LogP contribution in [0.1, 0.15) is 56.6 Å². The van der Waals surface area contributed by atoms with Gasteiger partial charge in [0.05, 0.1) is 32.4 Å². The maximum Gasteiger partial charge on any atom is 0.278 e. The number of amides is 1. The van der Waals surface area contributed by atoms with Crippen LogP contribution in [0.3, 0.4) is 0 Å². The lowest BCUT2D eigenvalue weighted by Crippen LogP contribution is -3.11. The summed E-state index contributed by atoms with van der Waals surface area (Å²) < 4.78 is 10.9. The van der Waals surface area contributed by atoms with Crippen molar-refractivity contribution in [1.29, 1.82) is 5.26 Å². The first kappa shape index (κ1) is 20.5. The molecule has 0 spiro atoms. The number of carbonyl (C=O) groups is 1. The number of benzene rings is 1. The van der Waals surface area contributed by atoms with Crippen LogP contribution in [-0.2, 0) is 4.79 Å². The molecule has 1 saturated heterocycles. The van der Waals surface area contributed by atoms with Gasteiger partial charge in [-0.15, -0.1) is 0 Å². The van der Waals surface area contributed by atoms with Crippen LogP contribution in [0.5, 0.6) is 11.5 Å². The average Bonchev–Trinajstić information content (AvgIpc) is 3.20. The van der Waals surface area contributed by atoms with Crippen LogP contribution in [0.25, 0.3) is 0 Å². The molecule has 3 rings (SSSR count). The molecule has 2 fully saturated rings. The smallest absolute Gasteiger partial charge is 0.278 e. The molecule has 0 bridgehead atoms. The number of ether oxygens (including phenoxy) is 2. The van der Waals surface area contributed by atoms with E-state index in [4.69, 9.17) is 9.47 Å². The summed E-state index contributed by atoms with van der Waals surface area (Å²) in [4.78, 5) is 16.1. The standard InChI is InChI=1S/C22H31N3O3/c1-24(22(16-23)11-5-4-6-12-22)21(26)15-25-13-7-8-19(25)18-10-9-17(27-2)14-20(18)28-3/h9-10,14,19H,4-8,11-13,15H2,1-3H3/p+1/t19-/m0/s1. The minimum absolute atomic E-state index is 0.0674. The van der Waals surface area contributed by atoms with Crippen LogP contribution in [0.2, 0.25) is 0 Å². The van der Waals surface area contributed by atoms with Crippen molar-refractivity contribution in [2.75, 3.05) is 34.4 Å². The summed E-state index contributed by atoms with van der Waals surface area (Å²) in [5.74, 6) is 1.65. The molecule has 6 nitrogen and oxygen atoms in total. The van der Waals surface area contributed by atoms with E-state index in [9.17, 15) is 10.1 Å². The second-order valence-electron chi connectivity index (χ2n) is 8.04. The first-order valence-electron chi connectivity index (χ1n) is 10.3. The first-order chi connectivity index (χ1) is 13.5. The quantitative estimate of drug-likeness (QED) is 0.813. The van der Waals surface area contributed by atoms with E-state index in [0.29, 0.717) is 6.54 Å². The number of rotatable bonds is 6. The number of likely N-dealkylation sites (tertiary alicyclic amines) is 1. The summed E-state index contributed by atoms with van der Waals surface area (Å²) in [5.41, 5.74) is 0.501. The van der Waals surface area contributed by atoms with Gasteiger partial charge in [0, 0.05) is 26.0 Å². The topological polar surface area (TPSA) is 67.0 Å². The van der Waals surface area contributed by atoms with E-state index >= 15 is 0 Å². The van der Waals surface area contributed by atoms with E-state index in [2.05, 4.69) is 12.1 Å². The number of hydrogen-bond acceptors (Lipinski definition) is 4. The van der Waals surface area contributed by atoms with E-state index in [1.165, 1.54) is 4.90 Å². The molecule has 1 aliphatic carbocycles. The van der Waals surface area contributed by atoms with E-state index < -0.39 is 5.54 Å². The maximum atomic E-state index is 13.1. The predicted molar refractivity (Wildman–Crippen MR) is 106 cm³/mol. The van der Waals surface area contributed by atoms with Gasteiger partial charge in [0.2, 0.25) is 0 Å². The first-order valence-corrected chi connectivity index (χ1v) is 10.3. The molecule has 1 heterocycles. The highest BCUT2D eigenvalue weighted by Gasteiger charge is 2.41. The van der Waals surface area contributed by atoms with E-state index in [-0.39, 0.29) is 11.9 Å². The third-order valence-electron chi connectivity index (χ3n) is 6.58. The number of hydrogen-bond donors (Lipinski definition) is 1. The van der Waals surface area contributed by atoms with Crippen LogP contribution in [0.4, 0.5) is 0 Å². The molecule has 28 heavy (non-hydrogen) atoms. The molecule has 1 saturated carbocycles. The zero-order valence-electron chi connectivity index (χ0n) is 17.3. The summed E-state index contributed by atoms with van der Waals surface area (Å²) in [7, 11) is 5.13. The summed E-state index contributed by atoms with van der Waals surface area (Å²) in [5, 5.41) is 9.79. The van der Waals surface area contributed by atoms with Crippen molar-refractivity contribution in [3.63, 3.8) is 0 Å². The van der Waals surface area contributed by atoms with Crippen molar-refractivity contribution in [2.45, 2.75) is 56.5 Å². The molecule has 152 valence electrons. The average molecular weight is 387 g/mol. The van der Waals surface area contributed by atoms with Crippen molar-refractivity contribution < 1.29 is 19.2 Å². The number of nitrogens with one attached hydrogen (secondary N) is 1. The molecule has 6 heteroatoms. The van der Waals surface area contributed by atoms with Gasteiger partial charge in [0.15, 0.2) is 6.54 Å². The fourth-order valence-corrected chi connectivity index (χ4v) is 4.82. The van der Waals surface area contributed by atoms with Crippen molar-refractivity contribution in [2.24, 2.45) is 0 Å². The number of quaternary nitrogens is 1. The van der Waals surface area contributed by atoms with Gasteiger partial charge in [0.1, 0.15) is 23.1 Å². The molecular weight excluding hydrogens is 354 g/mol. The van der Waals surface area contributed by atoms with Crippen molar-refractivity contribution in [3.8, 4) is 17.6 Å². The van der Waals surface area contributed by atoms with Crippen LogP contribution < -0.4 is 14.4 Å². The Morgan fingerprint density at radius 2 is 2.00 bits per heavy atom. The Labute approximate surface area is 168 Å². The molecule has 0 aromatic heterocycles. The fraction of sp³-hybridized carbons (Fsp3) is 0.636. The van der Waals surface area contributed by atoms with Crippen molar-refractivity contribution in [1.82, 2.24) is 4.90 Å². The molecule has 1 unspecified atom stereocenters. The second-order valence-corrected chi connectivity index (χ2v) is 8.04. The van der Waals surface area contributed by atoms with Crippen molar-refractivity contribution >= 4 is 5.91 Å². The minimum Gasteiger partial charge on any atom is -0.497 e. The molecule has 1 N–H and O–H groups in total. The Balaban J connectivity index is 1.75. The van der Waals surface area contributed by atoms with E-state index in [1.54, 1.807) is 19.1 Å². The lowest BCUT2D eigenvalue weighted by Gasteiger charge is -2.39. The van der Waals surface area contributed by atoms with Gasteiger partial charge in [-0.25, -0.2) is 0 Å². The van der Waals surface area contributed by atoms with Gasteiger partial charge < -0.3 is 19.3 Å². The van der Waals surface area contributed by atoms with Gasteiger partial charge in [-0.2, -0.15) is 5.26 Å². The van der Waals surface area contributed by atoms with Gasteiger partial charge >= 0.3 is 0 Å². The van der Waals surface area contributed by atoms with Crippen LogP contribution in [-0.4, -0.2) is 50.7 Å². The molecule has 1 amide bonds. The Hall–Kier alpha value is -2.26. The number of methoxy groups -OCH3 is 2. The summed E-state index contributed by atoms with van der Waals surface area (Å²) >= 11 is 0. The Morgan fingerprint density at radius 3 is 2.64 bits per heavy atom. The highest BCUT2D eigenvalue weighted by Crippen LogP contribution is 2.33. The number of nitrogens with zero attached hydrogens (tertiary/aromatic N) is 2. The van der Waals surface area contributed by atoms with E-state index in [1.807, 2.05) is 19.2 Å². The van der Waals surface area contributed by atoms with Crippen LogP contribution >= 0.6 is 0 Å². The third kappa shape index (κ3) is 3.95. The van der Waals surface area contributed by atoms with Crippen LogP contribution in [0.15, 0.2) is 18.2 Å². The van der Waals surface area contributed by atoms with Gasteiger partial charge in [-0.05, 0) is 25.0 Å². The highest BCUT2D eigenvalue weighted by atomic mass is 16.5. The summed E-state index contributed by atoms with van der Waals surface area (Å²) in [6, 6.07) is 8.60. The maximum absolute atomic E-state index is 13.1. The molecule has 0 radical (unpaired) electrons. The number of likely N-dealkylation sites (N-methyl/N-ethyl adjacent to an activating group) is 1. The highest BCUT2D eigenvalue weighted by molar-refractivity contribution is 5.78. The van der Waals surface area contributed by atoms with E-state index in [0.717, 1.165) is 68.6 Å². The van der Waals surface area contributed by atoms with Crippen molar-refractivity contribution in [3.05, 3.63) is 23.8 Å². The monoisotopic (exact) mass is 386 g/mol. The Kier molecular flexibility index (Phi) is 6.46. The zero-order chi connectivity index (χ0) is 20.1. The van der Waals surface area contributed by atoms with Gasteiger partial charge in [-0.3, -0.25) is 4.79 Å². The van der Waals surface area contributed by atoms with Crippen LogP contribution in [0, 0.1) is 11.3 Å². The summed E-state index contributed by atoms with van der Waals surface area (Å²) in [6.07, 6.45) is 6.88. The van der Waals surface area contributed by atoms with Gasteiger partial charge in [-0.1, -0.05) is 19.3 Å². The molecule has 1 aromatic carbocycles. The molecule has 1 aromatic rings. The largest absolute Gasteiger partial charge is 0.497 e. The molecule has 2 atom stereocenters. The Morgan fingerprint density at radius 1 is 1.25 bits per heavy atom. The lowest BCUT2D eigenvalue weighted by molar-refractivity contribution is -0.910. The lowest BCUT2D eigenvalue weighted by atomic mass is 9.81. The third-order valence-corrected chi connectivity index (χ3v) is 6.58. The number of nitriles is 1. The fourth-order valence-electron chi connectivity index (χ4n) is 4.82. The molecule has 2 aliphatic rings. The molecular formula is C22H32N3O3+. The summed E-state index contributed by atoms with van der Waals surface area (Å²) in [6.45, 7) is 1.37. The predicted octanol–water partition coefficient (Wildman–Crippen LogP) is 2.11.